The molecule has 0 bridgehead atoms. The average molecular weight is 190 g/mol. The second-order valence-corrected chi connectivity index (χ2v) is 3.11. The van der Waals surface area contributed by atoms with Crippen LogP contribution in [-0.4, -0.2) is 17.7 Å². The lowest BCUT2D eigenvalue weighted by Gasteiger charge is -2.14. The molecule has 0 spiro atoms. The molecule has 0 aromatic heterocycles. The van der Waals surface area contributed by atoms with E-state index in [1.165, 1.54) is 0 Å². The Kier molecular flexibility index (Phi) is 2.23. The van der Waals surface area contributed by atoms with Gasteiger partial charge in [-0.2, -0.15) is 0 Å². The second-order valence-electron chi connectivity index (χ2n) is 3.11. The number of hydrogen-bond donors (Lipinski definition) is 1. The molecule has 0 radical (unpaired) electrons. The molecule has 2 rings (SSSR count). The zero-order valence-corrected chi connectivity index (χ0v) is 7.56. The van der Waals surface area contributed by atoms with Gasteiger partial charge in [-0.05, 0) is 17.7 Å². The van der Waals surface area contributed by atoms with Gasteiger partial charge in [0.25, 0.3) is 0 Å². The Hall–Kier alpha value is -1.77. The van der Waals surface area contributed by atoms with Crippen molar-refractivity contribution in [2.45, 2.75) is 6.42 Å². The van der Waals surface area contributed by atoms with Crippen molar-refractivity contribution in [1.82, 2.24) is 0 Å². The first kappa shape index (κ1) is 8.81. The van der Waals surface area contributed by atoms with Crippen molar-refractivity contribution in [3.05, 3.63) is 35.4 Å². The smallest absolute Gasteiger partial charge is 0.307 e. The molecule has 0 fully saturated rings. The summed E-state index contributed by atoms with van der Waals surface area (Å²) in [6.45, 7) is 0.559. The van der Waals surface area contributed by atoms with E-state index in [4.69, 9.17) is 9.84 Å². The van der Waals surface area contributed by atoms with E-state index in [1.54, 1.807) is 0 Å². The Balaban J connectivity index is 2.42. The molecule has 72 valence electrons. The summed E-state index contributed by atoms with van der Waals surface area (Å²) in [5, 5.41) is 8.70. The molecule has 0 unspecified atom stereocenters. The van der Waals surface area contributed by atoms with Crippen LogP contribution in [0.2, 0.25) is 0 Å². The van der Waals surface area contributed by atoms with Crippen LogP contribution in [0, 0.1) is 0 Å². The quantitative estimate of drug-likeness (QED) is 0.772. The van der Waals surface area contributed by atoms with Crippen molar-refractivity contribution in [1.29, 1.82) is 0 Å². The molecule has 3 heteroatoms. The maximum atomic E-state index is 10.6. The van der Waals surface area contributed by atoms with Gasteiger partial charge < -0.3 is 9.84 Å². The molecule has 1 heterocycles. The Bertz CT molecular complexity index is 394. The van der Waals surface area contributed by atoms with Crippen LogP contribution < -0.4 is 4.74 Å². The van der Waals surface area contributed by atoms with Gasteiger partial charge in [-0.25, -0.2) is 0 Å². The van der Waals surface area contributed by atoms with Crippen molar-refractivity contribution in [3.63, 3.8) is 0 Å². The van der Waals surface area contributed by atoms with Crippen LogP contribution >= 0.6 is 0 Å². The normalized spacial score (nSPS) is 13.1. The zero-order valence-electron chi connectivity index (χ0n) is 7.56. The third-order valence-electron chi connectivity index (χ3n) is 2.12. The summed E-state index contributed by atoms with van der Waals surface area (Å²) in [5.41, 5.74) is 1.69. The molecular formula is C11H10O3. The van der Waals surface area contributed by atoms with Gasteiger partial charge in [0, 0.05) is 5.56 Å². The van der Waals surface area contributed by atoms with E-state index in [0.29, 0.717) is 6.61 Å². The fraction of sp³-hybridized carbons (Fsp3) is 0.182. The summed E-state index contributed by atoms with van der Waals surface area (Å²) in [4.78, 5) is 10.6. The van der Waals surface area contributed by atoms with Crippen molar-refractivity contribution >= 4 is 12.0 Å². The lowest BCUT2D eigenvalue weighted by atomic mass is 10.0. The number of rotatable bonds is 2. The largest absolute Gasteiger partial charge is 0.489 e. The zero-order chi connectivity index (χ0) is 9.97. The molecule has 1 aliphatic rings. The summed E-state index contributed by atoms with van der Waals surface area (Å²) < 4.78 is 5.37. The van der Waals surface area contributed by atoms with Gasteiger partial charge in [-0.1, -0.05) is 18.2 Å². The van der Waals surface area contributed by atoms with Crippen LogP contribution in [0.15, 0.2) is 24.3 Å². The molecule has 1 aliphatic heterocycles. The predicted octanol–water partition coefficient (Wildman–Crippen LogP) is 1.72. The lowest BCUT2D eigenvalue weighted by molar-refractivity contribution is -0.136. The molecule has 0 atom stereocenters. The third kappa shape index (κ3) is 1.62. The summed E-state index contributed by atoms with van der Waals surface area (Å²) in [6.07, 6.45) is 3.83. The van der Waals surface area contributed by atoms with Gasteiger partial charge in [-0.3, -0.25) is 4.79 Å². The minimum Gasteiger partial charge on any atom is -0.489 e. The van der Waals surface area contributed by atoms with Crippen LogP contribution in [0.1, 0.15) is 11.1 Å². The number of benzene rings is 1. The van der Waals surface area contributed by atoms with E-state index in [2.05, 4.69) is 0 Å². The monoisotopic (exact) mass is 190 g/mol. The molecule has 1 N–H and O–H groups in total. The van der Waals surface area contributed by atoms with Crippen molar-refractivity contribution in [2.75, 3.05) is 6.61 Å². The van der Waals surface area contributed by atoms with Crippen LogP contribution in [0.3, 0.4) is 0 Å². The molecule has 0 saturated heterocycles. The van der Waals surface area contributed by atoms with E-state index in [0.717, 1.165) is 16.9 Å². The molecule has 1 aromatic rings. The fourth-order valence-electron chi connectivity index (χ4n) is 1.53. The Morgan fingerprint density at radius 2 is 2.36 bits per heavy atom. The van der Waals surface area contributed by atoms with Crippen molar-refractivity contribution in [2.24, 2.45) is 0 Å². The maximum absolute atomic E-state index is 10.6. The van der Waals surface area contributed by atoms with Gasteiger partial charge in [0.15, 0.2) is 0 Å². The number of ether oxygens (including phenoxy) is 1. The van der Waals surface area contributed by atoms with Gasteiger partial charge in [0.05, 0.1) is 6.42 Å². The molecular weight excluding hydrogens is 180 g/mol. The number of aliphatic carboxylic acids is 1. The second kappa shape index (κ2) is 3.54. The summed E-state index contributed by atoms with van der Waals surface area (Å²) in [7, 11) is 0. The molecule has 14 heavy (non-hydrogen) atoms. The molecule has 1 aromatic carbocycles. The van der Waals surface area contributed by atoms with E-state index in [-0.39, 0.29) is 6.42 Å². The molecule has 3 nitrogen and oxygen atoms in total. The van der Waals surface area contributed by atoms with Crippen LogP contribution in [0.5, 0.6) is 5.75 Å². The highest BCUT2D eigenvalue weighted by molar-refractivity contribution is 5.74. The first-order valence-electron chi connectivity index (χ1n) is 4.40. The van der Waals surface area contributed by atoms with Gasteiger partial charge in [0.1, 0.15) is 12.4 Å². The number of carbonyl (C=O) groups is 1. The highest BCUT2D eigenvalue weighted by Crippen LogP contribution is 2.27. The van der Waals surface area contributed by atoms with Gasteiger partial charge >= 0.3 is 5.97 Å². The average Bonchev–Trinajstić information content (AvgIpc) is 2.18. The molecule has 0 amide bonds. The highest BCUT2D eigenvalue weighted by Gasteiger charge is 2.11. The van der Waals surface area contributed by atoms with E-state index >= 15 is 0 Å². The number of carboxylic acids is 1. The maximum Gasteiger partial charge on any atom is 0.307 e. The van der Waals surface area contributed by atoms with Crippen molar-refractivity contribution < 1.29 is 14.6 Å². The minimum absolute atomic E-state index is 0.0386. The summed E-state index contributed by atoms with van der Waals surface area (Å²) in [5.74, 6) is -0.0522. The predicted molar refractivity (Wildman–Crippen MR) is 52.3 cm³/mol. The number of fused-ring (bicyclic) bond motifs is 1. The fourth-order valence-corrected chi connectivity index (χ4v) is 1.53. The van der Waals surface area contributed by atoms with Gasteiger partial charge in [-0.15, -0.1) is 0 Å². The molecule has 0 aliphatic carbocycles. The molecule has 0 saturated carbocycles. The third-order valence-corrected chi connectivity index (χ3v) is 2.12. The Labute approximate surface area is 81.6 Å². The number of hydrogen-bond acceptors (Lipinski definition) is 2. The standard InChI is InChI=1S/C11H10O3/c12-11(13)7-8-3-1-5-10-9(8)4-2-6-14-10/h1-5H,6-7H2,(H,12,13). The number of carboxylic acid groups (broad SMARTS) is 1. The van der Waals surface area contributed by atoms with Crippen LogP contribution in [0.25, 0.3) is 6.08 Å². The van der Waals surface area contributed by atoms with Crippen LogP contribution in [0.4, 0.5) is 0 Å². The van der Waals surface area contributed by atoms with Gasteiger partial charge in [0.2, 0.25) is 0 Å². The minimum atomic E-state index is -0.822. The van der Waals surface area contributed by atoms with Crippen molar-refractivity contribution in [3.8, 4) is 5.75 Å². The first-order valence-corrected chi connectivity index (χ1v) is 4.40. The Morgan fingerprint density at radius 1 is 1.50 bits per heavy atom. The van der Waals surface area contributed by atoms with E-state index in [1.807, 2.05) is 30.4 Å². The SMILES string of the molecule is O=C(O)Cc1cccc2c1C=CCO2. The highest BCUT2D eigenvalue weighted by atomic mass is 16.5. The van der Waals surface area contributed by atoms with Crippen LogP contribution in [-0.2, 0) is 11.2 Å². The van der Waals surface area contributed by atoms with E-state index in [9.17, 15) is 4.79 Å². The lowest BCUT2D eigenvalue weighted by Crippen LogP contribution is -2.06. The summed E-state index contributed by atoms with van der Waals surface area (Å²) >= 11 is 0. The summed E-state index contributed by atoms with van der Waals surface area (Å²) in [6, 6.07) is 5.48. The Morgan fingerprint density at radius 3 is 3.14 bits per heavy atom. The first-order chi connectivity index (χ1) is 6.77. The topological polar surface area (TPSA) is 46.5 Å². The van der Waals surface area contributed by atoms with E-state index < -0.39 is 5.97 Å².